The van der Waals surface area contributed by atoms with E-state index >= 15 is 0 Å². The molecule has 3 rings (SSSR count). The first-order valence-electron chi connectivity index (χ1n) is 8.23. The van der Waals surface area contributed by atoms with Gasteiger partial charge in [-0.05, 0) is 30.7 Å². The van der Waals surface area contributed by atoms with Gasteiger partial charge in [0.1, 0.15) is 17.2 Å². The van der Waals surface area contributed by atoms with E-state index in [2.05, 4.69) is 10.0 Å². The van der Waals surface area contributed by atoms with Crippen molar-refractivity contribution in [2.24, 2.45) is 0 Å². The van der Waals surface area contributed by atoms with Crippen LogP contribution < -0.4 is 19.1 Å². The van der Waals surface area contributed by atoms with Gasteiger partial charge in [0, 0.05) is 31.1 Å². The molecule has 2 aromatic carbocycles. The van der Waals surface area contributed by atoms with Crippen LogP contribution in [0.15, 0.2) is 54.9 Å². The number of nitrogens with one attached hydrogen (secondary N) is 2. The van der Waals surface area contributed by atoms with E-state index in [1.54, 1.807) is 12.1 Å². The molecule has 2 aromatic rings. The van der Waals surface area contributed by atoms with Crippen LogP contribution >= 0.6 is 0 Å². The van der Waals surface area contributed by atoms with E-state index in [4.69, 9.17) is 4.74 Å². The van der Waals surface area contributed by atoms with Gasteiger partial charge >= 0.3 is 10.2 Å². The lowest BCUT2D eigenvalue weighted by Crippen LogP contribution is -2.28. The van der Waals surface area contributed by atoms with Gasteiger partial charge in [-0.3, -0.25) is 4.72 Å². The molecule has 26 heavy (non-hydrogen) atoms. The standard InChI is InChI=1S/C18H21N3O4S/c1-2-25-18-6-4-3-5-15(18)13-19-12-14-7-8-17(22)16(11-14)21-10-9-20-26(21,23)24/h3-11,19-20,22H,2,12-13H2,1H3. The zero-order valence-corrected chi connectivity index (χ0v) is 15.2. The quantitative estimate of drug-likeness (QED) is 0.690. The van der Waals surface area contributed by atoms with Gasteiger partial charge in [-0.2, -0.15) is 8.42 Å². The van der Waals surface area contributed by atoms with Crippen LogP contribution in [0.3, 0.4) is 0 Å². The summed E-state index contributed by atoms with van der Waals surface area (Å²) in [4.78, 5) is 0. The summed E-state index contributed by atoms with van der Waals surface area (Å²) < 4.78 is 32.7. The minimum absolute atomic E-state index is 0.104. The van der Waals surface area contributed by atoms with Crippen molar-refractivity contribution < 1.29 is 18.3 Å². The third-order valence-electron chi connectivity index (χ3n) is 3.88. The second-order valence-corrected chi connectivity index (χ2v) is 7.28. The van der Waals surface area contributed by atoms with E-state index in [-0.39, 0.29) is 11.4 Å². The summed E-state index contributed by atoms with van der Waals surface area (Å²) in [6, 6.07) is 12.7. The molecule has 0 aromatic heterocycles. The van der Waals surface area contributed by atoms with Crippen molar-refractivity contribution in [2.45, 2.75) is 20.0 Å². The lowest BCUT2D eigenvalue weighted by Gasteiger charge is -2.17. The Morgan fingerprint density at radius 1 is 1.19 bits per heavy atom. The predicted molar refractivity (Wildman–Crippen MR) is 99.9 cm³/mol. The molecule has 0 amide bonds. The van der Waals surface area contributed by atoms with E-state index in [0.29, 0.717) is 19.7 Å². The van der Waals surface area contributed by atoms with Gasteiger partial charge in [0.15, 0.2) is 0 Å². The fourth-order valence-electron chi connectivity index (χ4n) is 2.67. The molecular formula is C18H21N3O4S. The van der Waals surface area contributed by atoms with Crippen molar-refractivity contribution in [1.82, 2.24) is 10.0 Å². The second kappa shape index (κ2) is 7.67. The van der Waals surface area contributed by atoms with E-state index in [1.807, 2.05) is 31.2 Å². The van der Waals surface area contributed by atoms with Gasteiger partial charge in [0.2, 0.25) is 0 Å². The van der Waals surface area contributed by atoms with Gasteiger partial charge in [0.05, 0.1) is 6.61 Å². The molecule has 1 aliphatic rings. The zero-order chi connectivity index (χ0) is 18.6. The molecule has 3 N–H and O–H groups in total. The number of phenolic OH excluding ortho intramolecular Hbond substituents is 1. The van der Waals surface area contributed by atoms with Crippen molar-refractivity contribution in [3.05, 3.63) is 66.0 Å². The minimum Gasteiger partial charge on any atom is -0.506 e. The number of anilines is 1. The number of para-hydroxylation sites is 1. The van der Waals surface area contributed by atoms with Crippen LogP contribution in [0.5, 0.6) is 11.5 Å². The number of phenols is 1. The van der Waals surface area contributed by atoms with Crippen LogP contribution in [0.1, 0.15) is 18.1 Å². The molecule has 1 aliphatic heterocycles. The Bertz CT molecular complexity index is 912. The molecular weight excluding hydrogens is 354 g/mol. The van der Waals surface area contributed by atoms with Crippen molar-refractivity contribution in [3.8, 4) is 11.5 Å². The molecule has 0 unspecified atom stereocenters. The van der Waals surface area contributed by atoms with Gasteiger partial charge in [-0.1, -0.05) is 24.3 Å². The second-order valence-electron chi connectivity index (χ2n) is 5.70. The SMILES string of the molecule is CCOc1ccccc1CNCc1ccc(O)c(N2C=CNS2(=O)=O)c1. The Kier molecular flexibility index (Phi) is 5.34. The molecule has 0 saturated carbocycles. The van der Waals surface area contributed by atoms with Gasteiger partial charge in [-0.15, -0.1) is 0 Å². The van der Waals surface area contributed by atoms with E-state index in [0.717, 1.165) is 21.2 Å². The molecule has 0 spiro atoms. The summed E-state index contributed by atoms with van der Waals surface area (Å²) in [6.07, 6.45) is 2.67. The number of hydrogen-bond donors (Lipinski definition) is 3. The molecule has 0 radical (unpaired) electrons. The Labute approximate surface area is 153 Å². The van der Waals surface area contributed by atoms with Crippen LogP contribution in [0.25, 0.3) is 0 Å². The molecule has 1 heterocycles. The molecule has 7 nitrogen and oxygen atoms in total. The third kappa shape index (κ3) is 3.92. The van der Waals surface area contributed by atoms with Gasteiger partial charge in [0.25, 0.3) is 0 Å². The third-order valence-corrected chi connectivity index (χ3v) is 5.15. The maximum atomic E-state index is 11.9. The highest BCUT2D eigenvalue weighted by atomic mass is 32.2. The maximum Gasteiger partial charge on any atom is 0.327 e. The number of ether oxygens (including phenoxy) is 1. The largest absolute Gasteiger partial charge is 0.506 e. The van der Waals surface area contributed by atoms with E-state index in [1.165, 1.54) is 18.5 Å². The Hall–Kier alpha value is -2.71. The average molecular weight is 375 g/mol. The van der Waals surface area contributed by atoms with Crippen molar-refractivity contribution in [3.63, 3.8) is 0 Å². The summed E-state index contributed by atoms with van der Waals surface area (Å²) in [5, 5.41) is 13.3. The van der Waals surface area contributed by atoms with Crippen molar-refractivity contribution in [1.29, 1.82) is 0 Å². The summed E-state index contributed by atoms with van der Waals surface area (Å²) in [7, 11) is -3.68. The highest BCUT2D eigenvalue weighted by Gasteiger charge is 2.26. The van der Waals surface area contributed by atoms with E-state index < -0.39 is 10.2 Å². The molecule has 0 saturated heterocycles. The highest BCUT2D eigenvalue weighted by Crippen LogP contribution is 2.31. The lowest BCUT2D eigenvalue weighted by atomic mass is 10.1. The van der Waals surface area contributed by atoms with Crippen LogP contribution in [0, 0.1) is 0 Å². The summed E-state index contributed by atoms with van der Waals surface area (Å²) in [6.45, 7) is 3.66. The van der Waals surface area contributed by atoms with Gasteiger partial charge < -0.3 is 15.2 Å². The summed E-state index contributed by atoms with van der Waals surface area (Å²) >= 11 is 0. The Morgan fingerprint density at radius 2 is 2.00 bits per heavy atom. The summed E-state index contributed by atoms with van der Waals surface area (Å²) in [5.41, 5.74) is 2.10. The first-order chi connectivity index (χ1) is 12.5. The fourth-order valence-corrected chi connectivity index (χ4v) is 3.65. The van der Waals surface area contributed by atoms with Crippen molar-refractivity contribution in [2.75, 3.05) is 10.9 Å². The Balaban J connectivity index is 1.70. The summed E-state index contributed by atoms with van der Waals surface area (Å²) in [5.74, 6) is 0.737. The zero-order valence-electron chi connectivity index (χ0n) is 14.3. The van der Waals surface area contributed by atoms with Crippen LogP contribution in [-0.2, 0) is 23.3 Å². The average Bonchev–Trinajstić information content (AvgIpc) is 2.97. The topological polar surface area (TPSA) is 90.9 Å². The number of benzene rings is 2. The number of nitrogens with zero attached hydrogens (tertiary/aromatic N) is 1. The van der Waals surface area contributed by atoms with Crippen molar-refractivity contribution >= 4 is 15.9 Å². The predicted octanol–water partition coefficient (Wildman–Crippen LogP) is 2.21. The fraction of sp³-hybridized carbons (Fsp3) is 0.222. The molecule has 0 bridgehead atoms. The highest BCUT2D eigenvalue weighted by molar-refractivity contribution is 7.91. The lowest BCUT2D eigenvalue weighted by molar-refractivity contribution is 0.335. The number of hydrogen-bond acceptors (Lipinski definition) is 5. The number of rotatable bonds is 7. The molecule has 0 atom stereocenters. The normalized spacial score (nSPS) is 15.0. The van der Waals surface area contributed by atoms with Gasteiger partial charge in [-0.25, -0.2) is 4.31 Å². The smallest absolute Gasteiger partial charge is 0.327 e. The van der Waals surface area contributed by atoms with Crippen LogP contribution in [0.2, 0.25) is 0 Å². The van der Waals surface area contributed by atoms with Crippen LogP contribution in [-0.4, -0.2) is 20.1 Å². The first kappa shape index (κ1) is 18.1. The first-order valence-corrected chi connectivity index (χ1v) is 9.67. The van der Waals surface area contributed by atoms with Crippen LogP contribution in [0.4, 0.5) is 5.69 Å². The number of aromatic hydroxyl groups is 1. The molecule has 0 fully saturated rings. The van der Waals surface area contributed by atoms with E-state index in [9.17, 15) is 13.5 Å². The Morgan fingerprint density at radius 3 is 2.73 bits per heavy atom. The molecule has 8 heteroatoms. The minimum atomic E-state index is -3.68. The molecule has 138 valence electrons. The maximum absolute atomic E-state index is 11.9. The monoisotopic (exact) mass is 375 g/mol. The molecule has 0 aliphatic carbocycles.